The van der Waals surface area contributed by atoms with Gasteiger partial charge in [-0.3, -0.25) is 4.79 Å². The third-order valence-corrected chi connectivity index (χ3v) is 3.88. The van der Waals surface area contributed by atoms with Gasteiger partial charge < -0.3 is 20.5 Å². The summed E-state index contributed by atoms with van der Waals surface area (Å²) in [6, 6.07) is 16.0. The predicted molar refractivity (Wildman–Crippen MR) is 94.7 cm³/mol. The van der Waals surface area contributed by atoms with E-state index in [-0.39, 0.29) is 18.4 Å². The van der Waals surface area contributed by atoms with Gasteiger partial charge in [0, 0.05) is 20.2 Å². The molecule has 128 valence electrons. The van der Waals surface area contributed by atoms with Crippen LogP contribution in [0.1, 0.15) is 12.0 Å². The Labute approximate surface area is 142 Å². The fraction of sp³-hybridized carbons (Fsp3) is 0.316. The normalized spacial score (nSPS) is 11.8. The van der Waals surface area contributed by atoms with Crippen LogP contribution in [0.5, 0.6) is 5.75 Å². The number of rotatable bonds is 8. The molecule has 2 aromatic carbocycles. The lowest BCUT2D eigenvalue weighted by molar-refractivity contribution is -0.123. The molecule has 5 heteroatoms. The van der Waals surface area contributed by atoms with E-state index < -0.39 is 0 Å². The van der Waals surface area contributed by atoms with Gasteiger partial charge in [0.25, 0.3) is 0 Å². The fourth-order valence-electron chi connectivity index (χ4n) is 2.34. The van der Waals surface area contributed by atoms with Crippen molar-refractivity contribution in [3.63, 3.8) is 0 Å². The van der Waals surface area contributed by atoms with Crippen molar-refractivity contribution < 1.29 is 14.3 Å². The SMILES string of the molecule is COc1ccc(-c2ccc(CNC(=O)CC(CN)OC)cc2)cc1. The Balaban J connectivity index is 1.90. The Hall–Kier alpha value is -2.37. The summed E-state index contributed by atoms with van der Waals surface area (Å²) in [6.07, 6.45) is 0.0409. The maximum atomic E-state index is 11.8. The number of nitrogens with two attached hydrogens (primary N) is 1. The van der Waals surface area contributed by atoms with Crippen molar-refractivity contribution >= 4 is 5.91 Å². The molecular formula is C19H24N2O3. The summed E-state index contributed by atoms with van der Waals surface area (Å²) < 4.78 is 10.3. The number of methoxy groups -OCH3 is 2. The molecule has 0 bridgehead atoms. The summed E-state index contributed by atoms with van der Waals surface area (Å²) in [6.45, 7) is 0.823. The van der Waals surface area contributed by atoms with E-state index in [1.165, 1.54) is 0 Å². The number of amides is 1. The van der Waals surface area contributed by atoms with Crippen LogP contribution < -0.4 is 15.8 Å². The van der Waals surface area contributed by atoms with Gasteiger partial charge in [0.15, 0.2) is 0 Å². The molecule has 2 aromatic rings. The molecule has 0 aliphatic carbocycles. The first kappa shape index (κ1) is 18.0. The quantitative estimate of drug-likeness (QED) is 0.780. The van der Waals surface area contributed by atoms with Crippen molar-refractivity contribution in [2.45, 2.75) is 19.1 Å². The van der Waals surface area contributed by atoms with E-state index in [1.807, 2.05) is 48.5 Å². The largest absolute Gasteiger partial charge is 0.497 e. The Morgan fingerprint density at radius 1 is 1.04 bits per heavy atom. The number of hydrogen-bond donors (Lipinski definition) is 2. The number of nitrogens with one attached hydrogen (secondary N) is 1. The van der Waals surface area contributed by atoms with Gasteiger partial charge in [0.05, 0.1) is 19.6 Å². The number of carbonyl (C=O) groups is 1. The molecule has 2 rings (SSSR count). The lowest BCUT2D eigenvalue weighted by Crippen LogP contribution is -2.31. The van der Waals surface area contributed by atoms with Crippen LogP contribution >= 0.6 is 0 Å². The molecular weight excluding hydrogens is 304 g/mol. The van der Waals surface area contributed by atoms with Crippen LogP contribution in [0.15, 0.2) is 48.5 Å². The Morgan fingerprint density at radius 3 is 2.12 bits per heavy atom. The molecule has 0 saturated carbocycles. The highest BCUT2D eigenvalue weighted by Crippen LogP contribution is 2.22. The molecule has 0 aliphatic rings. The summed E-state index contributed by atoms with van der Waals surface area (Å²) in [5, 5.41) is 2.88. The minimum Gasteiger partial charge on any atom is -0.497 e. The third kappa shape index (κ3) is 5.08. The first-order valence-electron chi connectivity index (χ1n) is 7.89. The van der Waals surface area contributed by atoms with Crippen LogP contribution in [0, 0.1) is 0 Å². The van der Waals surface area contributed by atoms with Gasteiger partial charge in [-0.2, -0.15) is 0 Å². The van der Waals surface area contributed by atoms with Crippen LogP contribution in [0.25, 0.3) is 11.1 Å². The van der Waals surface area contributed by atoms with E-state index in [1.54, 1.807) is 14.2 Å². The zero-order valence-electron chi connectivity index (χ0n) is 14.1. The fourth-order valence-corrected chi connectivity index (χ4v) is 2.34. The van der Waals surface area contributed by atoms with Gasteiger partial charge in [0.1, 0.15) is 5.75 Å². The first-order chi connectivity index (χ1) is 11.7. The van der Waals surface area contributed by atoms with Gasteiger partial charge in [-0.1, -0.05) is 36.4 Å². The topological polar surface area (TPSA) is 73.6 Å². The van der Waals surface area contributed by atoms with Crippen molar-refractivity contribution in [1.82, 2.24) is 5.32 Å². The van der Waals surface area contributed by atoms with Gasteiger partial charge >= 0.3 is 0 Å². The zero-order chi connectivity index (χ0) is 17.4. The molecule has 0 aromatic heterocycles. The highest BCUT2D eigenvalue weighted by atomic mass is 16.5. The molecule has 5 nitrogen and oxygen atoms in total. The summed E-state index contributed by atoms with van der Waals surface area (Å²) in [7, 11) is 3.21. The van der Waals surface area contributed by atoms with Gasteiger partial charge in [-0.15, -0.1) is 0 Å². The Kier molecular flexibility index (Phi) is 6.78. The molecule has 1 amide bonds. The maximum absolute atomic E-state index is 11.8. The Morgan fingerprint density at radius 2 is 1.62 bits per heavy atom. The second-order valence-corrected chi connectivity index (χ2v) is 5.50. The standard InChI is InChI=1S/C19H24N2O3/c1-23-17-9-7-16(8-10-17)15-5-3-14(4-6-15)13-21-19(22)11-18(12-20)24-2/h3-10,18H,11-13,20H2,1-2H3,(H,21,22). The van der Waals surface area contributed by atoms with Crippen LogP contribution in [-0.4, -0.2) is 32.8 Å². The average molecular weight is 328 g/mol. The zero-order valence-corrected chi connectivity index (χ0v) is 14.1. The molecule has 0 spiro atoms. The van der Waals surface area contributed by atoms with Crippen molar-refractivity contribution in [3.8, 4) is 16.9 Å². The van der Waals surface area contributed by atoms with Gasteiger partial charge in [-0.25, -0.2) is 0 Å². The van der Waals surface area contributed by atoms with E-state index >= 15 is 0 Å². The van der Waals surface area contributed by atoms with Crippen molar-refractivity contribution in [2.75, 3.05) is 20.8 Å². The monoisotopic (exact) mass is 328 g/mol. The van der Waals surface area contributed by atoms with Crippen LogP contribution in [0.3, 0.4) is 0 Å². The van der Waals surface area contributed by atoms with Crippen LogP contribution in [0.2, 0.25) is 0 Å². The highest BCUT2D eigenvalue weighted by Gasteiger charge is 2.10. The number of ether oxygens (including phenoxy) is 2. The summed E-state index contributed by atoms with van der Waals surface area (Å²) in [5.41, 5.74) is 8.80. The summed E-state index contributed by atoms with van der Waals surface area (Å²) >= 11 is 0. The molecule has 0 aliphatic heterocycles. The second kappa shape index (κ2) is 9.05. The highest BCUT2D eigenvalue weighted by molar-refractivity contribution is 5.76. The molecule has 0 fully saturated rings. The first-order valence-corrected chi connectivity index (χ1v) is 7.89. The molecule has 1 atom stereocenters. The van der Waals surface area contributed by atoms with E-state index in [0.717, 1.165) is 22.4 Å². The summed E-state index contributed by atoms with van der Waals surface area (Å²) in [5.74, 6) is 0.774. The number of benzene rings is 2. The van der Waals surface area contributed by atoms with E-state index in [9.17, 15) is 4.79 Å². The summed E-state index contributed by atoms with van der Waals surface area (Å²) in [4.78, 5) is 11.8. The van der Waals surface area contributed by atoms with Crippen LogP contribution in [0.4, 0.5) is 0 Å². The molecule has 3 N–H and O–H groups in total. The van der Waals surface area contributed by atoms with Crippen molar-refractivity contribution in [1.29, 1.82) is 0 Å². The third-order valence-electron chi connectivity index (χ3n) is 3.88. The smallest absolute Gasteiger partial charge is 0.222 e. The van der Waals surface area contributed by atoms with Crippen molar-refractivity contribution in [3.05, 3.63) is 54.1 Å². The molecule has 0 radical (unpaired) electrons. The predicted octanol–water partition coefficient (Wildman–Crippen LogP) is 2.34. The lowest BCUT2D eigenvalue weighted by Gasteiger charge is -2.12. The maximum Gasteiger partial charge on any atom is 0.222 e. The molecule has 24 heavy (non-hydrogen) atoms. The van der Waals surface area contributed by atoms with Gasteiger partial charge in [0.2, 0.25) is 5.91 Å². The number of carbonyl (C=O) groups excluding carboxylic acids is 1. The van der Waals surface area contributed by atoms with Crippen molar-refractivity contribution in [2.24, 2.45) is 5.73 Å². The van der Waals surface area contributed by atoms with E-state index in [4.69, 9.17) is 15.2 Å². The van der Waals surface area contributed by atoms with Crippen LogP contribution in [-0.2, 0) is 16.1 Å². The lowest BCUT2D eigenvalue weighted by atomic mass is 10.0. The molecule has 0 heterocycles. The van der Waals surface area contributed by atoms with E-state index in [2.05, 4.69) is 5.32 Å². The number of hydrogen-bond acceptors (Lipinski definition) is 4. The second-order valence-electron chi connectivity index (χ2n) is 5.50. The van der Waals surface area contributed by atoms with Gasteiger partial charge in [-0.05, 0) is 28.8 Å². The molecule has 0 saturated heterocycles. The molecule has 1 unspecified atom stereocenters. The minimum atomic E-state index is -0.234. The Bertz CT molecular complexity index is 635. The van der Waals surface area contributed by atoms with E-state index in [0.29, 0.717) is 13.1 Å². The minimum absolute atomic E-state index is 0.0634. The average Bonchev–Trinajstić information content (AvgIpc) is 2.65.